The Bertz CT molecular complexity index is 1470. The average Bonchev–Trinajstić information content (AvgIpc) is 3.29. The highest BCUT2D eigenvalue weighted by Crippen LogP contribution is 2.43. The SMILES string of the molecule is CC1(C)CCC(CN2CCN(C(=O)c3ccc4c(c3)CN(C3CCC(=O)NC3=O)C4=O)CC2)=C(c2ccc(Cl)cc2)C1. The van der Waals surface area contributed by atoms with Crippen molar-refractivity contribution < 1.29 is 19.2 Å². The van der Waals surface area contributed by atoms with Crippen LogP contribution in [0.3, 0.4) is 0 Å². The monoisotopic (exact) mass is 588 g/mol. The Labute approximate surface area is 251 Å². The van der Waals surface area contributed by atoms with Crippen LogP contribution in [0, 0.1) is 5.41 Å². The van der Waals surface area contributed by atoms with Gasteiger partial charge in [-0.25, -0.2) is 0 Å². The number of hydrogen-bond donors (Lipinski definition) is 1. The molecule has 1 unspecified atom stereocenters. The molecule has 2 aromatic rings. The van der Waals surface area contributed by atoms with Gasteiger partial charge in [0, 0.05) is 61.8 Å². The highest BCUT2D eigenvalue weighted by atomic mass is 35.5. The first-order valence-electron chi connectivity index (χ1n) is 14.8. The van der Waals surface area contributed by atoms with Crippen molar-refractivity contribution >= 4 is 40.8 Å². The summed E-state index contributed by atoms with van der Waals surface area (Å²) < 4.78 is 0. The molecule has 2 fully saturated rings. The number of carbonyl (C=O) groups excluding carboxylic acids is 4. The van der Waals surface area contributed by atoms with Crippen molar-refractivity contribution in [1.82, 2.24) is 20.0 Å². The average molecular weight is 589 g/mol. The summed E-state index contributed by atoms with van der Waals surface area (Å²) in [5.74, 6) is -1.01. The van der Waals surface area contributed by atoms with E-state index in [9.17, 15) is 19.2 Å². The first-order valence-corrected chi connectivity index (χ1v) is 15.2. The van der Waals surface area contributed by atoms with Crippen LogP contribution in [0.25, 0.3) is 5.57 Å². The predicted molar refractivity (Wildman–Crippen MR) is 161 cm³/mol. The fraction of sp³-hybridized carbons (Fsp3) is 0.455. The van der Waals surface area contributed by atoms with Gasteiger partial charge in [-0.3, -0.25) is 29.4 Å². The minimum absolute atomic E-state index is 0.0372. The lowest BCUT2D eigenvalue weighted by atomic mass is 9.72. The van der Waals surface area contributed by atoms with E-state index in [1.807, 2.05) is 17.0 Å². The molecule has 1 aliphatic carbocycles. The smallest absolute Gasteiger partial charge is 0.255 e. The highest BCUT2D eigenvalue weighted by Gasteiger charge is 2.39. The van der Waals surface area contributed by atoms with Crippen molar-refractivity contribution in [3.63, 3.8) is 0 Å². The molecule has 0 saturated carbocycles. The van der Waals surface area contributed by atoms with Gasteiger partial charge in [0.25, 0.3) is 11.8 Å². The highest BCUT2D eigenvalue weighted by molar-refractivity contribution is 6.30. The summed E-state index contributed by atoms with van der Waals surface area (Å²) in [5, 5.41) is 3.08. The van der Waals surface area contributed by atoms with E-state index in [2.05, 4.69) is 36.2 Å². The Kier molecular flexibility index (Phi) is 7.70. The molecule has 4 aliphatic rings. The van der Waals surface area contributed by atoms with Gasteiger partial charge in [0.05, 0.1) is 0 Å². The molecule has 220 valence electrons. The second kappa shape index (κ2) is 11.3. The zero-order valence-corrected chi connectivity index (χ0v) is 25.0. The van der Waals surface area contributed by atoms with Gasteiger partial charge in [-0.05, 0) is 78.1 Å². The molecule has 9 heteroatoms. The molecule has 6 rings (SSSR count). The van der Waals surface area contributed by atoms with E-state index in [-0.39, 0.29) is 36.1 Å². The van der Waals surface area contributed by atoms with Gasteiger partial charge in [0.15, 0.2) is 0 Å². The topological polar surface area (TPSA) is 90.0 Å². The van der Waals surface area contributed by atoms with Crippen molar-refractivity contribution in [2.75, 3.05) is 32.7 Å². The van der Waals surface area contributed by atoms with Gasteiger partial charge in [-0.1, -0.05) is 43.2 Å². The predicted octanol–water partition coefficient (Wildman–Crippen LogP) is 4.52. The molecule has 8 nitrogen and oxygen atoms in total. The maximum absolute atomic E-state index is 13.5. The summed E-state index contributed by atoms with van der Waals surface area (Å²) in [7, 11) is 0. The number of allylic oxidation sites excluding steroid dienone is 1. The third-order valence-electron chi connectivity index (χ3n) is 9.22. The summed E-state index contributed by atoms with van der Waals surface area (Å²) in [5.41, 5.74) is 6.26. The van der Waals surface area contributed by atoms with Crippen LogP contribution < -0.4 is 5.32 Å². The molecule has 1 atom stereocenters. The van der Waals surface area contributed by atoms with E-state index in [0.29, 0.717) is 30.6 Å². The molecule has 4 amide bonds. The number of halogens is 1. The third kappa shape index (κ3) is 5.75. The summed E-state index contributed by atoms with van der Waals surface area (Å²) in [6.45, 7) is 8.75. The first kappa shape index (κ1) is 28.6. The number of carbonyl (C=O) groups is 4. The van der Waals surface area contributed by atoms with Gasteiger partial charge in [0.1, 0.15) is 6.04 Å². The largest absolute Gasteiger partial charge is 0.336 e. The van der Waals surface area contributed by atoms with E-state index in [0.717, 1.165) is 43.1 Å². The molecule has 0 aromatic heterocycles. The van der Waals surface area contributed by atoms with Crippen LogP contribution >= 0.6 is 11.6 Å². The van der Waals surface area contributed by atoms with Crippen LogP contribution in [0.5, 0.6) is 0 Å². The Hall–Kier alpha value is -3.49. The van der Waals surface area contributed by atoms with Crippen LogP contribution in [0.2, 0.25) is 5.02 Å². The van der Waals surface area contributed by atoms with Crippen LogP contribution in [0.4, 0.5) is 0 Å². The number of piperazine rings is 1. The van der Waals surface area contributed by atoms with Gasteiger partial charge < -0.3 is 9.80 Å². The van der Waals surface area contributed by atoms with Gasteiger partial charge >= 0.3 is 0 Å². The van der Waals surface area contributed by atoms with Crippen molar-refractivity contribution in [1.29, 1.82) is 0 Å². The minimum atomic E-state index is -0.666. The van der Waals surface area contributed by atoms with Crippen LogP contribution in [0.15, 0.2) is 48.0 Å². The van der Waals surface area contributed by atoms with Crippen molar-refractivity contribution in [3.05, 3.63) is 75.3 Å². The van der Waals surface area contributed by atoms with Crippen LogP contribution in [0.1, 0.15) is 77.8 Å². The van der Waals surface area contributed by atoms with Crippen molar-refractivity contribution in [2.45, 2.75) is 58.5 Å². The summed E-state index contributed by atoms with van der Waals surface area (Å²) in [6.07, 6.45) is 3.82. The Morgan fingerprint density at radius 2 is 1.74 bits per heavy atom. The van der Waals surface area contributed by atoms with Gasteiger partial charge in [-0.2, -0.15) is 0 Å². The quantitative estimate of drug-likeness (QED) is 0.519. The van der Waals surface area contributed by atoms with E-state index in [1.165, 1.54) is 28.0 Å². The standard InChI is InChI=1S/C33H37ClN4O4/c1-33(2)12-11-23(27(18-33)21-3-6-25(34)7-4-21)19-36-13-15-37(16-14-36)31(41)22-5-8-26-24(17-22)20-38(32(26)42)28-9-10-29(39)35-30(28)40/h3-8,17,28H,9-16,18-20H2,1-2H3,(H,35,39,40). The maximum atomic E-state index is 13.5. The van der Waals surface area contributed by atoms with E-state index >= 15 is 0 Å². The Balaban J connectivity index is 1.10. The molecular weight excluding hydrogens is 552 g/mol. The number of imide groups is 1. The number of nitrogens with zero attached hydrogens (tertiary/aromatic N) is 3. The molecular formula is C33H37ClN4O4. The number of nitrogens with one attached hydrogen (secondary N) is 1. The lowest BCUT2D eigenvalue weighted by Gasteiger charge is -2.38. The number of rotatable bonds is 5. The van der Waals surface area contributed by atoms with Gasteiger partial charge in [0.2, 0.25) is 11.8 Å². The Morgan fingerprint density at radius 3 is 2.45 bits per heavy atom. The number of hydrogen-bond acceptors (Lipinski definition) is 5. The molecule has 0 spiro atoms. The lowest BCUT2D eigenvalue weighted by molar-refractivity contribution is -0.136. The van der Waals surface area contributed by atoms with Gasteiger partial charge in [-0.15, -0.1) is 0 Å². The molecule has 42 heavy (non-hydrogen) atoms. The number of fused-ring (bicyclic) bond motifs is 1. The molecule has 2 aromatic carbocycles. The maximum Gasteiger partial charge on any atom is 0.255 e. The molecule has 0 bridgehead atoms. The van der Waals surface area contributed by atoms with E-state index < -0.39 is 11.9 Å². The Morgan fingerprint density at radius 1 is 1.00 bits per heavy atom. The van der Waals surface area contributed by atoms with Crippen LogP contribution in [-0.4, -0.2) is 77.1 Å². The molecule has 3 heterocycles. The van der Waals surface area contributed by atoms with E-state index in [1.54, 1.807) is 18.2 Å². The summed E-state index contributed by atoms with van der Waals surface area (Å²) in [6, 6.07) is 12.7. The normalized spacial score (nSPS) is 22.8. The molecule has 1 N–H and O–H groups in total. The fourth-order valence-corrected chi connectivity index (χ4v) is 6.86. The first-order chi connectivity index (χ1) is 20.1. The number of piperidine rings is 1. The van der Waals surface area contributed by atoms with E-state index in [4.69, 9.17) is 11.6 Å². The van der Waals surface area contributed by atoms with Crippen molar-refractivity contribution in [2.24, 2.45) is 5.41 Å². The zero-order chi connectivity index (χ0) is 29.6. The third-order valence-corrected chi connectivity index (χ3v) is 9.47. The molecule has 0 radical (unpaired) electrons. The number of amides is 4. The summed E-state index contributed by atoms with van der Waals surface area (Å²) in [4.78, 5) is 56.2. The minimum Gasteiger partial charge on any atom is -0.336 e. The summed E-state index contributed by atoms with van der Waals surface area (Å²) >= 11 is 6.17. The van der Waals surface area contributed by atoms with Crippen LogP contribution in [-0.2, 0) is 16.1 Å². The molecule has 3 aliphatic heterocycles. The second-order valence-electron chi connectivity index (χ2n) is 12.8. The lowest BCUT2D eigenvalue weighted by Crippen LogP contribution is -2.52. The fourth-order valence-electron chi connectivity index (χ4n) is 6.73. The second-order valence-corrected chi connectivity index (χ2v) is 13.2. The zero-order valence-electron chi connectivity index (χ0n) is 24.2. The number of benzene rings is 2. The molecule has 2 saturated heterocycles. The van der Waals surface area contributed by atoms with Crippen molar-refractivity contribution in [3.8, 4) is 0 Å².